The van der Waals surface area contributed by atoms with Gasteiger partial charge in [-0.25, -0.2) is 0 Å². The molecule has 1 aliphatic carbocycles. The Kier molecular flexibility index (Phi) is 2.70. The zero-order valence-electron chi connectivity index (χ0n) is 10.4. The maximum absolute atomic E-state index is 10.1. The Labute approximate surface area is 97.5 Å². The number of nitrogens with two attached hydrogens (primary N) is 1. The highest BCUT2D eigenvalue weighted by Crippen LogP contribution is 2.37. The molecule has 0 amide bonds. The van der Waals surface area contributed by atoms with E-state index in [1.807, 2.05) is 19.9 Å². The summed E-state index contributed by atoms with van der Waals surface area (Å²) in [5.41, 5.74) is 10.5. The number of phenols is 1. The molecule has 0 heterocycles. The molecule has 2 nitrogen and oxygen atoms in total. The molecule has 0 radical (unpaired) electrons. The van der Waals surface area contributed by atoms with Gasteiger partial charge in [0.25, 0.3) is 0 Å². The maximum Gasteiger partial charge on any atom is 0.121 e. The summed E-state index contributed by atoms with van der Waals surface area (Å²) in [5.74, 6) is 0.366. The van der Waals surface area contributed by atoms with Crippen molar-refractivity contribution in [2.45, 2.75) is 52.0 Å². The number of aryl methyl sites for hydroxylation is 1. The molecule has 0 aromatic heterocycles. The number of phenolic OH excluding ortho intramolecular Hbond substituents is 1. The van der Waals surface area contributed by atoms with E-state index in [2.05, 4.69) is 6.92 Å². The number of aromatic hydroxyl groups is 1. The van der Waals surface area contributed by atoms with Gasteiger partial charge >= 0.3 is 0 Å². The van der Waals surface area contributed by atoms with Crippen molar-refractivity contribution in [1.82, 2.24) is 0 Å². The second-order valence-corrected chi connectivity index (χ2v) is 5.46. The van der Waals surface area contributed by atoms with Crippen molar-refractivity contribution in [2.75, 3.05) is 0 Å². The van der Waals surface area contributed by atoms with Crippen molar-refractivity contribution < 1.29 is 5.11 Å². The molecule has 0 saturated carbocycles. The Bertz CT molecular complexity index is 416. The van der Waals surface area contributed by atoms with Crippen LogP contribution in [0.15, 0.2) is 6.07 Å². The van der Waals surface area contributed by atoms with E-state index in [0.29, 0.717) is 5.75 Å². The first-order chi connectivity index (χ1) is 7.41. The van der Waals surface area contributed by atoms with E-state index >= 15 is 0 Å². The molecular weight excluding hydrogens is 198 g/mol. The second-order valence-electron chi connectivity index (χ2n) is 5.46. The number of hydrogen-bond acceptors (Lipinski definition) is 2. The average Bonchev–Trinajstić information content (AvgIpc) is 2.15. The Hall–Kier alpha value is -1.02. The third-order valence-electron chi connectivity index (χ3n) is 3.55. The van der Waals surface area contributed by atoms with Gasteiger partial charge in [-0.15, -0.1) is 0 Å². The SMILES string of the molecule is Cc1c2c(cc(O)c1C(C)(C)N)CCCC2. The third-order valence-corrected chi connectivity index (χ3v) is 3.55. The molecule has 2 rings (SSSR count). The Morgan fingerprint density at radius 1 is 1.25 bits per heavy atom. The molecule has 1 aromatic rings. The van der Waals surface area contributed by atoms with Crippen molar-refractivity contribution in [3.8, 4) is 5.75 Å². The summed E-state index contributed by atoms with van der Waals surface area (Å²) in [6.45, 7) is 5.99. The van der Waals surface area contributed by atoms with Crippen LogP contribution in [-0.2, 0) is 18.4 Å². The zero-order valence-corrected chi connectivity index (χ0v) is 10.4. The molecule has 0 fully saturated rings. The number of hydrogen-bond donors (Lipinski definition) is 2. The van der Waals surface area contributed by atoms with Gasteiger partial charge in [0.2, 0.25) is 0 Å². The fraction of sp³-hybridized carbons (Fsp3) is 0.571. The van der Waals surface area contributed by atoms with Crippen LogP contribution >= 0.6 is 0 Å². The van der Waals surface area contributed by atoms with Crippen LogP contribution in [0.25, 0.3) is 0 Å². The number of rotatable bonds is 1. The van der Waals surface area contributed by atoms with Gasteiger partial charge in [-0.05, 0) is 69.2 Å². The Morgan fingerprint density at radius 2 is 1.88 bits per heavy atom. The van der Waals surface area contributed by atoms with E-state index in [1.165, 1.54) is 29.5 Å². The lowest BCUT2D eigenvalue weighted by atomic mass is 9.81. The molecule has 2 heteroatoms. The van der Waals surface area contributed by atoms with Crippen LogP contribution in [0.2, 0.25) is 0 Å². The molecule has 3 N–H and O–H groups in total. The summed E-state index contributed by atoms with van der Waals surface area (Å²) >= 11 is 0. The lowest BCUT2D eigenvalue weighted by molar-refractivity contribution is 0.436. The van der Waals surface area contributed by atoms with E-state index in [-0.39, 0.29) is 0 Å². The molecule has 0 bridgehead atoms. The summed E-state index contributed by atoms with van der Waals surface area (Å²) in [5, 5.41) is 10.1. The van der Waals surface area contributed by atoms with Gasteiger partial charge < -0.3 is 10.8 Å². The second kappa shape index (κ2) is 3.77. The normalized spacial score (nSPS) is 16.0. The van der Waals surface area contributed by atoms with Crippen LogP contribution in [0, 0.1) is 6.92 Å². The molecule has 0 atom stereocenters. The smallest absolute Gasteiger partial charge is 0.121 e. The maximum atomic E-state index is 10.1. The van der Waals surface area contributed by atoms with Crippen LogP contribution in [0.5, 0.6) is 5.75 Å². The van der Waals surface area contributed by atoms with Crippen molar-refractivity contribution in [1.29, 1.82) is 0 Å². The lowest BCUT2D eigenvalue weighted by Gasteiger charge is -2.28. The molecule has 0 unspecified atom stereocenters. The van der Waals surface area contributed by atoms with Crippen molar-refractivity contribution in [3.05, 3.63) is 28.3 Å². The van der Waals surface area contributed by atoms with Gasteiger partial charge in [-0.2, -0.15) is 0 Å². The van der Waals surface area contributed by atoms with Gasteiger partial charge in [-0.1, -0.05) is 0 Å². The molecule has 1 aromatic carbocycles. The highest BCUT2D eigenvalue weighted by atomic mass is 16.3. The summed E-state index contributed by atoms with van der Waals surface area (Å²) in [4.78, 5) is 0. The first-order valence-electron chi connectivity index (χ1n) is 6.05. The van der Waals surface area contributed by atoms with Crippen LogP contribution in [0.3, 0.4) is 0 Å². The highest BCUT2D eigenvalue weighted by Gasteiger charge is 2.25. The number of benzene rings is 1. The topological polar surface area (TPSA) is 46.2 Å². The quantitative estimate of drug-likeness (QED) is 0.763. The summed E-state index contributed by atoms with van der Waals surface area (Å²) in [7, 11) is 0. The van der Waals surface area contributed by atoms with Crippen LogP contribution in [0.4, 0.5) is 0 Å². The molecule has 0 saturated heterocycles. The highest BCUT2D eigenvalue weighted by molar-refractivity contribution is 5.52. The van der Waals surface area contributed by atoms with Crippen molar-refractivity contribution >= 4 is 0 Å². The first-order valence-corrected chi connectivity index (χ1v) is 6.05. The first kappa shape index (κ1) is 11.5. The molecular formula is C14H21NO. The van der Waals surface area contributed by atoms with E-state index < -0.39 is 5.54 Å². The van der Waals surface area contributed by atoms with Gasteiger partial charge in [0.15, 0.2) is 0 Å². The molecule has 0 spiro atoms. The van der Waals surface area contributed by atoms with Gasteiger partial charge in [0.1, 0.15) is 5.75 Å². The predicted molar refractivity (Wildman–Crippen MR) is 66.7 cm³/mol. The molecule has 1 aliphatic rings. The Balaban J connectivity index is 2.63. The fourth-order valence-electron chi connectivity index (χ4n) is 2.91. The molecule has 88 valence electrons. The van der Waals surface area contributed by atoms with Crippen molar-refractivity contribution in [2.24, 2.45) is 5.73 Å². The van der Waals surface area contributed by atoms with Gasteiger partial charge in [-0.3, -0.25) is 0 Å². The molecule has 0 aliphatic heterocycles. The summed E-state index contributed by atoms with van der Waals surface area (Å²) in [6.07, 6.45) is 4.71. The van der Waals surface area contributed by atoms with Gasteiger partial charge in [0, 0.05) is 11.1 Å². The van der Waals surface area contributed by atoms with Crippen LogP contribution in [0.1, 0.15) is 48.9 Å². The average molecular weight is 219 g/mol. The van der Waals surface area contributed by atoms with E-state index in [0.717, 1.165) is 18.4 Å². The minimum Gasteiger partial charge on any atom is -0.508 e. The van der Waals surface area contributed by atoms with E-state index in [1.54, 1.807) is 0 Å². The lowest BCUT2D eigenvalue weighted by Crippen LogP contribution is -2.30. The monoisotopic (exact) mass is 219 g/mol. The minimum atomic E-state index is -0.472. The van der Waals surface area contributed by atoms with Gasteiger partial charge in [0.05, 0.1) is 0 Å². The number of fused-ring (bicyclic) bond motifs is 1. The molecule has 16 heavy (non-hydrogen) atoms. The largest absolute Gasteiger partial charge is 0.508 e. The predicted octanol–water partition coefficient (Wildman–Crippen LogP) is 2.77. The van der Waals surface area contributed by atoms with Crippen LogP contribution < -0.4 is 5.73 Å². The summed E-state index contributed by atoms with van der Waals surface area (Å²) < 4.78 is 0. The van der Waals surface area contributed by atoms with Crippen molar-refractivity contribution in [3.63, 3.8) is 0 Å². The van der Waals surface area contributed by atoms with Crippen LogP contribution in [-0.4, -0.2) is 5.11 Å². The Morgan fingerprint density at radius 3 is 2.50 bits per heavy atom. The minimum absolute atomic E-state index is 0.366. The summed E-state index contributed by atoms with van der Waals surface area (Å²) in [6, 6.07) is 1.92. The standard InChI is InChI=1S/C14H21NO/c1-9-11-7-5-4-6-10(11)8-12(16)13(9)14(2,3)15/h8,16H,4-7,15H2,1-3H3. The third kappa shape index (κ3) is 1.82. The zero-order chi connectivity index (χ0) is 11.9. The van der Waals surface area contributed by atoms with E-state index in [9.17, 15) is 5.11 Å². The fourth-order valence-corrected chi connectivity index (χ4v) is 2.91. The van der Waals surface area contributed by atoms with E-state index in [4.69, 9.17) is 5.73 Å².